The van der Waals surface area contributed by atoms with Crippen LogP contribution in [-0.4, -0.2) is 21.9 Å². The number of hydrogen-bond donors (Lipinski definition) is 3. The van der Waals surface area contributed by atoms with Crippen molar-refractivity contribution in [3.05, 3.63) is 57.8 Å². The van der Waals surface area contributed by atoms with E-state index in [0.717, 1.165) is 4.47 Å². The summed E-state index contributed by atoms with van der Waals surface area (Å²) in [6.07, 6.45) is 0. The number of aromatic amines is 1. The summed E-state index contributed by atoms with van der Waals surface area (Å²) in [6.45, 7) is 0. The zero-order chi connectivity index (χ0) is 16.4. The zero-order valence-corrected chi connectivity index (χ0v) is 13.9. The average molecular weight is 394 g/mol. The van der Waals surface area contributed by atoms with Crippen molar-refractivity contribution in [3.8, 4) is 0 Å². The summed E-state index contributed by atoms with van der Waals surface area (Å²) in [5.74, 6) is -0.597. The number of H-pyrrole nitrogens is 1. The van der Waals surface area contributed by atoms with E-state index in [1.807, 2.05) is 0 Å². The first kappa shape index (κ1) is 15.5. The van der Waals surface area contributed by atoms with E-state index in [1.54, 1.807) is 42.5 Å². The smallest absolute Gasteiger partial charge is 0.326 e. The predicted molar refractivity (Wildman–Crippen MR) is 91.7 cm³/mol. The van der Waals surface area contributed by atoms with Crippen LogP contribution in [0, 0.1) is 0 Å². The van der Waals surface area contributed by atoms with Gasteiger partial charge in [0.2, 0.25) is 0 Å². The molecule has 0 unspecified atom stereocenters. The van der Waals surface area contributed by atoms with E-state index < -0.39 is 11.9 Å². The molecule has 0 aliphatic carbocycles. The van der Waals surface area contributed by atoms with Gasteiger partial charge < -0.3 is 10.3 Å². The molecule has 0 aliphatic rings. The van der Waals surface area contributed by atoms with Gasteiger partial charge in [0.05, 0.1) is 11.0 Å². The monoisotopic (exact) mass is 392 g/mol. The van der Waals surface area contributed by atoms with E-state index in [2.05, 4.69) is 36.5 Å². The number of rotatable bonds is 2. The lowest BCUT2D eigenvalue weighted by molar-refractivity contribution is 0.0958. The van der Waals surface area contributed by atoms with E-state index >= 15 is 0 Å². The van der Waals surface area contributed by atoms with Crippen molar-refractivity contribution >= 4 is 56.2 Å². The van der Waals surface area contributed by atoms with Gasteiger partial charge in [0.25, 0.3) is 5.91 Å². The highest BCUT2D eigenvalue weighted by molar-refractivity contribution is 9.10. The molecule has 6 nitrogen and oxygen atoms in total. The minimum absolute atomic E-state index is 0.0354. The summed E-state index contributed by atoms with van der Waals surface area (Å²) in [5.41, 5.74) is 1.78. The molecule has 0 saturated carbocycles. The normalized spacial score (nSPS) is 10.5. The number of imidazole rings is 1. The highest BCUT2D eigenvalue weighted by atomic mass is 79.9. The summed E-state index contributed by atoms with van der Waals surface area (Å²) < 4.78 is 0.889. The number of nitrogens with one attached hydrogen (secondary N) is 3. The van der Waals surface area contributed by atoms with Crippen molar-refractivity contribution in [1.29, 1.82) is 0 Å². The van der Waals surface area contributed by atoms with Crippen molar-refractivity contribution in [2.75, 3.05) is 5.32 Å². The third-order valence-corrected chi connectivity index (χ3v) is 3.75. The standard InChI is InChI=1S/C15H10BrClN4O2/c16-8-1-4-10(5-2-8)18-15(23)21-14(22)13-19-11-6-3-9(17)7-12(11)20-13/h1-7H,(H,19,20)(H2,18,21,22,23). The summed E-state index contributed by atoms with van der Waals surface area (Å²) >= 11 is 9.18. The molecule has 0 saturated heterocycles. The van der Waals surface area contributed by atoms with Gasteiger partial charge in [-0.3, -0.25) is 10.1 Å². The first-order chi connectivity index (χ1) is 11.0. The molecule has 0 atom stereocenters. The van der Waals surface area contributed by atoms with Crippen molar-refractivity contribution in [1.82, 2.24) is 15.3 Å². The van der Waals surface area contributed by atoms with Crippen LogP contribution in [0.5, 0.6) is 0 Å². The second-order valence-corrected chi connectivity index (χ2v) is 6.01. The number of anilines is 1. The maximum atomic E-state index is 12.0. The number of imide groups is 1. The number of hydrogen-bond acceptors (Lipinski definition) is 3. The Balaban J connectivity index is 1.69. The van der Waals surface area contributed by atoms with E-state index in [4.69, 9.17) is 11.6 Å². The third-order valence-electron chi connectivity index (χ3n) is 2.99. The molecule has 3 N–H and O–H groups in total. The van der Waals surface area contributed by atoms with Crippen molar-refractivity contribution in [3.63, 3.8) is 0 Å². The molecule has 3 aromatic rings. The Hall–Kier alpha value is -2.38. The van der Waals surface area contributed by atoms with Gasteiger partial charge in [-0.05, 0) is 42.5 Å². The van der Waals surface area contributed by atoms with Crippen LogP contribution in [0.25, 0.3) is 11.0 Å². The number of carbonyl (C=O) groups is 2. The fourth-order valence-corrected chi connectivity index (χ4v) is 2.38. The van der Waals surface area contributed by atoms with E-state index in [1.165, 1.54) is 0 Å². The number of aromatic nitrogens is 2. The van der Waals surface area contributed by atoms with E-state index in [9.17, 15) is 9.59 Å². The van der Waals surface area contributed by atoms with Gasteiger partial charge in [-0.2, -0.15) is 0 Å². The number of nitrogens with zero attached hydrogens (tertiary/aromatic N) is 1. The topological polar surface area (TPSA) is 86.9 Å². The molecule has 0 bridgehead atoms. The lowest BCUT2D eigenvalue weighted by Crippen LogP contribution is -2.34. The molecule has 3 amide bonds. The van der Waals surface area contributed by atoms with Gasteiger partial charge in [-0.1, -0.05) is 27.5 Å². The molecule has 3 rings (SSSR count). The molecular weight excluding hydrogens is 384 g/mol. The van der Waals surface area contributed by atoms with Gasteiger partial charge in [0.15, 0.2) is 5.82 Å². The summed E-state index contributed by atoms with van der Waals surface area (Å²) in [6, 6.07) is 11.3. The number of fused-ring (bicyclic) bond motifs is 1. The van der Waals surface area contributed by atoms with Crippen LogP contribution in [0.3, 0.4) is 0 Å². The SMILES string of the molecule is O=C(NC(=O)c1nc2ccc(Cl)cc2[nH]1)Nc1ccc(Br)cc1. The maximum absolute atomic E-state index is 12.0. The Morgan fingerprint density at radius 3 is 2.61 bits per heavy atom. The number of halogens is 2. The van der Waals surface area contributed by atoms with Crippen molar-refractivity contribution in [2.45, 2.75) is 0 Å². The molecule has 8 heteroatoms. The van der Waals surface area contributed by atoms with Gasteiger partial charge in [0, 0.05) is 15.2 Å². The number of carbonyl (C=O) groups excluding carboxylic acids is 2. The molecular formula is C15H10BrClN4O2. The van der Waals surface area contributed by atoms with E-state index in [-0.39, 0.29) is 5.82 Å². The van der Waals surface area contributed by atoms with Crippen molar-refractivity contribution in [2.24, 2.45) is 0 Å². The molecule has 0 radical (unpaired) electrons. The van der Waals surface area contributed by atoms with Crippen LogP contribution in [0.2, 0.25) is 5.02 Å². The number of benzene rings is 2. The fraction of sp³-hybridized carbons (Fsp3) is 0. The molecule has 116 valence electrons. The molecule has 0 spiro atoms. The Labute approximate surface area is 144 Å². The second kappa shape index (κ2) is 6.39. The third kappa shape index (κ3) is 3.69. The Morgan fingerprint density at radius 1 is 1.13 bits per heavy atom. The fourth-order valence-electron chi connectivity index (χ4n) is 1.95. The quantitative estimate of drug-likeness (QED) is 0.616. The summed E-state index contributed by atoms with van der Waals surface area (Å²) in [4.78, 5) is 30.8. The molecule has 0 aliphatic heterocycles. The van der Waals surface area contributed by atoms with Crippen LogP contribution in [-0.2, 0) is 0 Å². The highest BCUT2D eigenvalue weighted by Crippen LogP contribution is 2.17. The average Bonchev–Trinajstić information content (AvgIpc) is 2.92. The molecule has 23 heavy (non-hydrogen) atoms. The first-order valence-electron chi connectivity index (χ1n) is 6.54. The van der Waals surface area contributed by atoms with Crippen molar-refractivity contribution < 1.29 is 9.59 Å². The molecule has 1 heterocycles. The largest absolute Gasteiger partial charge is 0.334 e. The van der Waals surface area contributed by atoms with Crippen LogP contribution in [0.1, 0.15) is 10.6 Å². The van der Waals surface area contributed by atoms with Gasteiger partial charge in [-0.25, -0.2) is 9.78 Å². The van der Waals surface area contributed by atoms with Crippen LogP contribution in [0.15, 0.2) is 46.9 Å². The Kier molecular flexibility index (Phi) is 4.31. The van der Waals surface area contributed by atoms with Crippen LogP contribution >= 0.6 is 27.5 Å². The maximum Gasteiger partial charge on any atom is 0.326 e. The second-order valence-electron chi connectivity index (χ2n) is 4.66. The Bertz CT molecular complexity index is 892. The summed E-state index contributed by atoms with van der Waals surface area (Å²) in [5, 5.41) is 5.29. The summed E-state index contributed by atoms with van der Waals surface area (Å²) in [7, 11) is 0. The molecule has 0 fully saturated rings. The van der Waals surface area contributed by atoms with Crippen LogP contribution in [0.4, 0.5) is 10.5 Å². The van der Waals surface area contributed by atoms with Gasteiger partial charge in [-0.15, -0.1) is 0 Å². The highest BCUT2D eigenvalue weighted by Gasteiger charge is 2.14. The van der Waals surface area contributed by atoms with E-state index in [0.29, 0.717) is 21.7 Å². The minimum atomic E-state index is -0.643. The molecule has 2 aromatic carbocycles. The van der Waals surface area contributed by atoms with Gasteiger partial charge in [0.1, 0.15) is 0 Å². The lowest BCUT2D eigenvalue weighted by atomic mass is 10.3. The first-order valence-corrected chi connectivity index (χ1v) is 7.71. The minimum Gasteiger partial charge on any atom is -0.334 e. The van der Waals surface area contributed by atoms with Crippen LogP contribution < -0.4 is 10.6 Å². The predicted octanol–water partition coefficient (Wildman–Crippen LogP) is 3.94. The Morgan fingerprint density at radius 2 is 1.87 bits per heavy atom. The lowest BCUT2D eigenvalue weighted by Gasteiger charge is -2.05. The number of urea groups is 1. The zero-order valence-electron chi connectivity index (χ0n) is 11.6. The van der Waals surface area contributed by atoms with Gasteiger partial charge >= 0.3 is 6.03 Å². The number of amides is 3. The molecule has 1 aromatic heterocycles.